The summed E-state index contributed by atoms with van der Waals surface area (Å²) in [6.07, 6.45) is 6.49. The van der Waals surface area contributed by atoms with Gasteiger partial charge in [0.1, 0.15) is 11.6 Å². The van der Waals surface area contributed by atoms with Gasteiger partial charge in [0.25, 0.3) is 0 Å². The molecule has 5 aromatic rings. The molecule has 2 fully saturated rings. The normalized spacial score (nSPS) is 18.7. The van der Waals surface area contributed by atoms with Crippen LogP contribution >= 0.6 is 11.6 Å². The number of carboxylic acids is 1. The number of carboxylic acid groups (broad SMARTS) is 1. The predicted molar refractivity (Wildman–Crippen MR) is 210 cm³/mol. The molecular formula is C43H47ClFN5O4. The number of nitrogens with zero attached hydrogens (tertiary/aromatic N) is 3. The zero-order valence-corrected chi connectivity index (χ0v) is 31.5. The topological polar surface area (TPSA) is 109 Å². The lowest BCUT2D eigenvalue weighted by atomic mass is 9.82. The van der Waals surface area contributed by atoms with Crippen molar-refractivity contribution in [2.24, 2.45) is 11.8 Å². The zero-order valence-electron chi connectivity index (χ0n) is 30.8. The molecule has 3 N–H and O–H groups in total. The number of nitrogens with one attached hydrogen (secondary N) is 2. The van der Waals surface area contributed by atoms with Crippen LogP contribution in [-0.4, -0.2) is 65.0 Å². The van der Waals surface area contributed by atoms with Gasteiger partial charge in [-0.2, -0.15) is 5.10 Å². The zero-order chi connectivity index (χ0) is 37.8. The second-order valence-corrected chi connectivity index (χ2v) is 15.2. The molecule has 0 spiro atoms. The van der Waals surface area contributed by atoms with Crippen LogP contribution in [-0.2, 0) is 29.2 Å². The van der Waals surface area contributed by atoms with Crippen molar-refractivity contribution in [3.8, 4) is 28.0 Å². The summed E-state index contributed by atoms with van der Waals surface area (Å²) in [6, 6.07) is 23.9. The van der Waals surface area contributed by atoms with Crippen molar-refractivity contribution in [3.63, 3.8) is 0 Å². The van der Waals surface area contributed by atoms with E-state index in [0.29, 0.717) is 54.6 Å². The van der Waals surface area contributed by atoms with Gasteiger partial charge in [0.2, 0.25) is 5.91 Å². The maximum atomic E-state index is 15.7. The average Bonchev–Trinajstić information content (AvgIpc) is 3.78. The smallest absolute Gasteiger partial charge is 0.306 e. The average molecular weight is 752 g/mol. The molecule has 2 heterocycles. The molecule has 1 saturated carbocycles. The standard InChI is InChI=1S/C43H47ClFN5O4/c1-49(24-28-11-15-30(16-12-28)43(52)53)25-32-19-38(45)31(20-40(32)54-2)26-50-39-8-4-6-35(37(39)23-47-50)36-7-3-5-34(42(36)44)29-13-9-27(10-14-29)21-46-22-33-17-18-41(51)48-33/h3-10,13-14,19-20,23,28,30,33,46H,11-12,15-18,21-22,24-26H2,1-2H3,(H,48,51)(H,52,53)/t28?,30?,33-/m0/s1. The summed E-state index contributed by atoms with van der Waals surface area (Å²) in [4.78, 5) is 25.0. The number of fused-ring (bicyclic) bond motifs is 1. The number of ether oxygens (including phenoxy) is 1. The van der Waals surface area contributed by atoms with Gasteiger partial charge >= 0.3 is 5.97 Å². The fourth-order valence-corrected chi connectivity index (χ4v) is 8.41. The van der Waals surface area contributed by atoms with Gasteiger partial charge in [-0.3, -0.25) is 14.3 Å². The molecule has 1 aliphatic carbocycles. The summed E-state index contributed by atoms with van der Waals surface area (Å²) in [5.41, 5.74) is 7.03. The number of aliphatic carboxylic acids is 1. The molecule has 2 aliphatic rings. The van der Waals surface area contributed by atoms with Gasteiger partial charge in [-0.25, -0.2) is 4.39 Å². The molecule has 9 nitrogen and oxygen atoms in total. The molecular weight excluding hydrogens is 705 g/mol. The number of hydrogen-bond acceptors (Lipinski definition) is 6. The highest BCUT2D eigenvalue weighted by molar-refractivity contribution is 6.36. The Morgan fingerprint density at radius 3 is 2.48 bits per heavy atom. The van der Waals surface area contributed by atoms with E-state index in [4.69, 9.17) is 21.4 Å². The Bertz CT molecular complexity index is 2130. The Kier molecular flexibility index (Phi) is 11.6. The molecule has 54 heavy (non-hydrogen) atoms. The van der Waals surface area contributed by atoms with E-state index in [9.17, 15) is 14.7 Å². The summed E-state index contributed by atoms with van der Waals surface area (Å²) >= 11 is 7.14. The van der Waals surface area contributed by atoms with Crippen LogP contribution in [0.2, 0.25) is 5.02 Å². The van der Waals surface area contributed by atoms with E-state index in [0.717, 1.165) is 76.6 Å². The molecule has 282 valence electrons. The van der Waals surface area contributed by atoms with E-state index in [1.54, 1.807) is 23.9 Å². The first kappa shape index (κ1) is 37.5. The summed E-state index contributed by atoms with van der Waals surface area (Å²) in [6.45, 7) is 3.03. The molecule has 1 aromatic heterocycles. The summed E-state index contributed by atoms with van der Waals surface area (Å²) in [7, 11) is 3.62. The van der Waals surface area contributed by atoms with Crippen LogP contribution in [0.5, 0.6) is 5.75 Å². The fourth-order valence-electron chi connectivity index (χ4n) is 8.07. The maximum Gasteiger partial charge on any atom is 0.306 e. The third-order valence-corrected chi connectivity index (χ3v) is 11.4. The van der Waals surface area contributed by atoms with E-state index >= 15 is 4.39 Å². The molecule has 1 aliphatic heterocycles. The van der Waals surface area contributed by atoms with Crippen molar-refractivity contribution in [1.82, 2.24) is 25.3 Å². The highest BCUT2D eigenvalue weighted by Crippen LogP contribution is 2.39. The van der Waals surface area contributed by atoms with Crippen LogP contribution in [0.1, 0.15) is 55.2 Å². The quantitative estimate of drug-likeness (QED) is 0.106. The van der Waals surface area contributed by atoms with Crippen molar-refractivity contribution in [3.05, 3.63) is 107 Å². The highest BCUT2D eigenvalue weighted by Gasteiger charge is 2.27. The Labute approximate surface area is 320 Å². The highest BCUT2D eigenvalue weighted by atomic mass is 35.5. The first-order valence-electron chi connectivity index (χ1n) is 18.8. The van der Waals surface area contributed by atoms with Crippen LogP contribution in [0.3, 0.4) is 0 Å². The third kappa shape index (κ3) is 8.46. The minimum absolute atomic E-state index is 0.125. The number of aromatic nitrogens is 2. The van der Waals surface area contributed by atoms with Gasteiger partial charge in [0.15, 0.2) is 0 Å². The molecule has 7 rings (SSSR count). The number of halogens is 2. The van der Waals surface area contributed by atoms with Gasteiger partial charge in [0.05, 0.1) is 36.3 Å². The number of methoxy groups -OCH3 is 1. The molecule has 1 saturated heterocycles. The van der Waals surface area contributed by atoms with E-state index in [1.165, 1.54) is 0 Å². The van der Waals surface area contributed by atoms with Gasteiger partial charge in [-0.15, -0.1) is 0 Å². The molecule has 0 radical (unpaired) electrons. The molecule has 4 aromatic carbocycles. The SMILES string of the molecule is COc1cc(Cn2ncc3c(-c4cccc(-c5ccc(CNC[C@@H]6CCC(=O)N6)cc5)c4Cl)cccc32)c(F)cc1CN(C)CC1CCC(C(=O)O)CC1. The van der Waals surface area contributed by atoms with Crippen molar-refractivity contribution in [1.29, 1.82) is 0 Å². The van der Waals surface area contributed by atoms with Crippen molar-refractivity contribution >= 4 is 34.4 Å². The van der Waals surface area contributed by atoms with Gasteiger partial charge in [-0.1, -0.05) is 66.2 Å². The Morgan fingerprint density at radius 1 is 1.02 bits per heavy atom. The fraction of sp³-hybridized carbons (Fsp3) is 0.372. The van der Waals surface area contributed by atoms with Gasteiger partial charge in [0, 0.05) is 66.3 Å². The van der Waals surface area contributed by atoms with Crippen LogP contribution in [0, 0.1) is 17.7 Å². The van der Waals surface area contributed by atoms with Crippen LogP contribution in [0.25, 0.3) is 33.2 Å². The van der Waals surface area contributed by atoms with Crippen molar-refractivity contribution in [2.45, 2.75) is 64.2 Å². The van der Waals surface area contributed by atoms with E-state index in [1.807, 2.05) is 49.6 Å². The minimum atomic E-state index is -0.697. The first-order chi connectivity index (χ1) is 26.2. The van der Waals surface area contributed by atoms with Crippen molar-refractivity contribution < 1.29 is 23.8 Å². The Morgan fingerprint density at radius 2 is 1.76 bits per heavy atom. The molecule has 1 atom stereocenters. The molecule has 0 unspecified atom stereocenters. The van der Waals surface area contributed by atoms with E-state index < -0.39 is 5.97 Å². The number of carbonyl (C=O) groups is 2. The lowest BCUT2D eigenvalue weighted by Gasteiger charge is -2.30. The summed E-state index contributed by atoms with van der Waals surface area (Å²) in [5.74, 6) is -0.0788. The lowest BCUT2D eigenvalue weighted by molar-refractivity contribution is -0.143. The minimum Gasteiger partial charge on any atom is -0.496 e. The molecule has 1 amide bonds. The lowest BCUT2D eigenvalue weighted by Crippen LogP contribution is -2.35. The summed E-state index contributed by atoms with van der Waals surface area (Å²) in [5, 5.41) is 22.0. The number of carbonyl (C=O) groups excluding carboxylic acids is 1. The largest absolute Gasteiger partial charge is 0.496 e. The van der Waals surface area contributed by atoms with Crippen LogP contribution < -0.4 is 15.4 Å². The Hall–Kier alpha value is -4.77. The van der Waals surface area contributed by atoms with E-state index in [2.05, 4.69) is 39.8 Å². The maximum absolute atomic E-state index is 15.7. The molecule has 0 bridgehead atoms. The number of amides is 1. The molecule has 11 heteroatoms. The number of rotatable bonds is 14. The van der Waals surface area contributed by atoms with E-state index in [-0.39, 0.29) is 30.2 Å². The summed E-state index contributed by atoms with van der Waals surface area (Å²) < 4.78 is 23.3. The van der Waals surface area contributed by atoms with Crippen LogP contribution in [0.15, 0.2) is 79.0 Å². The van der Waals surface area contributed by atoms with Crippen LogP contribution in [0.4, 0.5) is 4.39 Å². The monoisotopic (exact) mass is 751 g/mol. The second kappa shape index (κ2) is 16.7. The Balaban J connectivity index is 1.04. The predicted octanol–water partition coefficient (Wildman–Crippen LogP) is 7.91. The van der Waals surface area contributed by atoms with Gasteiger partial charge in [-0.05, 0) is 80.0 Å². The second-order valence-electron chi connectivity index (χ2n) is 14.8. The van der Waals surface area contributed by atoms with Gasteiger partial charge < -0.3 is 25.4 Å². The third-order valence-electron chi connectivity index (χ3n) is 11.0. The first-order valence-corrected chi connectivity index (χ1v) is 19.1. The number of hydrogen-bond donors (Lipinski definition) is 3. The number of benzene rings is 4. The van der Waals surface area contributed by atoms with Crippen molar-refractivity contribution in [2.75, 3.05) is 27.2 Å².